The highest BCUT2D eigenvalue weighted by molar-refractivity contribution is 5.95. The Bertz CT molecular complexity index is 1100. The van der Waals surface area contributed by atoms with E-state index < -0.39 is 6.04 Å². The Morgan fingerprint density at radius 2 is 1.63 bits per heavy atom. The summed E-state index contributed by atoms with van der Waals surface area (Å²) in [4.78, 5) is 14.1. The van der Waals surface area contributed by atoms with Crippen molar-refractivity contribution in [3.63, 3.8) is 0 Å². The van der Waals surface area contributed by atoms with Gasteiger partial charge in [-0.05, 0) is 90.4 Å². The molecule has 3 nitrogen and oxygen atoms in total. The highest BCUT2D eigenvalue weighted by Crippen LogP contribution is 2.44. The summed E-state index contributed by atoms with van der Waals surface area (Å²) < 4.78 is 33.0. The van der Waals surface area contributed by atoms with Crippen LogP contribution in [0, 0.1) is 11.6 Å². The molecule has 0 bridgehead atoms. The van der Waals surface area contributed by atoms with E-state index in [9.17, 15) is 13.6 Å². The van der Waals surface area contributed by atoms with Crippen LogP contribution in [0.1, 0.15) is 36.1 Å². The molecule has 3 aromatic carbocycles. The predicted molar refractivity (Wildman–Crippen MR) is 114 cm³/mol. The van der Waals surface area contributed by atoms with Crippen LogP contribution in [-0.4, -0.2) is 12.9 Å². The van der Waals surface area contributed by atoms with Gasteiger partial charge in [0.05, 0.1) is 13.2 Å². The van der Waals surface area contributed by atoms with Crippen molar-refractivity contribution >= 4 is 23.2 Å². The topological polar surface area (TPSA) is 29.5 Å². The quantitative estimate of drug-likeness (QED) is 0.520. The first-order valence-corrected chi connectivity index (χ1v) is 9.66. The monoisotopic (exact) mass is 405 g/mol. The number of fused-ring (bicyclic) bond motifs is 1. The van der Waals surface area contributed by atoms with Gasteiger partial charge in [-0.1, -0.05) is 6.07 Å². The summed E-state index contributed by atoms with van der Waals surface area (Å²) in [5, 5.41) is 0. The fourth-order valence-electron chi connectivity index (χ4n) is 3.87. The van der Waals surface area contributed by atoms with Crippen molar-refractivity contribution < 1.29 is 18.3 Å². The van der Waals surface area contributed by atoms with Crippen LogP contribution in [0.3, 0.4) is 0 Å². The first-order chi connectivity index (χ1) is 14.5. The molecule has 1 aliphatic rings. The fourth-order valence-corrected chi connectivity index (χ4v) is 3.87. The second-order valence-electron chi connectivity index (χ2n) is 7.30. The lowest BCUT2D eigenvalue weighted by Gasteiger charge is -2.39. The molecule has 1 aliphatic heterocycles. The maximum atomic E-state index is 14.1. The lowest BCUT2D eigenvalue weighted by molar-refractivity contribution is -0.117. The third-order valence-electron chi connectivity index (χ3n) is 5.24. The number of halogens is 2. The summed E-state index contributed by atoms with van der Waals surface area (Å²) in [6.45, 7) is 1.52. The van der Waals surface area contributed by atoms with Gasteiger partial charge in [0.15, 0.2) is 0 Å². The molecule has 152 valence electrons. The molecule has 0 amide bonds. The highest BCUT2D eigenvalue weighted by atomic mass is 19.1. The molecule has 3 aromatic rings. The van der Waals surface area contributed by atoms with Crippen molar-refractivity contribution in [2.24, 2.45) is 0 Å². The largest absolute Gasteiger partial charge is 0.497 e. The number of benzene rings is 3. The van der Waals surface area contributed by atoms with Gasteiger partial charge >= 0.3 is 0 Å². The van der Waals surface area contributed by atoms with E-state index in [1.54, 1.807) is 25.3 Å². The number of methoxy groups -OCH3 is 1. The third kappa shape index (κ3) is 3.83. The average Bonchev–Trinajstić information content (AvgIpc) is 2.74. The molecule has 0 aromatic heterocycles. The number of carbonyl (C=O) groups is 1. The minimum Gasteiger partial charge on any atom is -0.497 e. The summed E-state index contributed by atoms with van der Waals surface area (Å²) in [5.41, 5.74) is 4.05. The zero-order valence-electron chi connectivity index (χ0n) is 16.7. The van der Waals surface area contributed by atoms with Crippen LogP contribution in [0.4, 0.5) is 14.5 Å². The highest BCUT2D eigenvalue weighted by Gasteiger charge is 2.31. The third-order valence-corrected chi connectivity index (χ3v) is 5.24. The number of ketones is 1. The summed E-state index contributed by atoms with van der Waals surface area (Å²) in [5.74, 6) is 0.00695. The SMILES string of the molecule is COc1ccc(C2=Cc3ccc(F)cc3C(CC(C)=O)N2c2ccc(F)cc2)cc1. The molecule has 1 atom stereocenters. The molecular weight excluding hydrogens is 384 g/mol. The van der Waals surface area contributed by atoms with Crippen LogP contribution in [0.15, 0.2) is 66.7 Å². The lowest BCUT2D eigenvalue weighted by atomic mass is 9.88. The Morgan fingerprint density at radius 1 is 0.967 bits per heavy atom. The van der Waals surface area contributed by atoms with Gasteiger partial charge in [-0.2, -0.15) is 0 Å². The van der Waals surface area contributed by atoms with Crippen molar-refractivity contribution in [3.8, 4) is 5.75 Å². The van der Waals surface area contributed by atoms with Crippen molar-refractivity contribution in [3.05, 3.63) is 95.1 Å². The lowest BCUT2D eigenvalue weighted by Crippen LogP contribution is -2.32. The minimum absolute atomic E-state index is 0.0155. The number of anilines is 1. The Labute approximate surface area is 174 Å². The van der Waals surface area contributed by atoms with Crippen LogP contribution in [0.25, 0.3) is 11.8 Å². The second kappa shape index (κ2) is 8.11. The van der Waals surface area contributed by atoms with E-state index in [1.165, 1.54) is 31.2 Å². The number of rotatable bonds is 5. The molecule has 0 fully saturated rings. The van der Waals surface area contributed by atoms with Crippen molar-refractivity contribution in [2.75, 3.05) is 12.0 Å². The van der Waals surface area contributed by atoms with Crippen LogP contribution in [0.5, 0.6) is 5.75 Å². The van der Waals surface area contributed by atoms with Crippen LogP contribution >= 0.6 is 0 Å². The maximum absolute atomic E-state index is 14.1. The molecular formula is C25H21F2NO2. The molecule has 0 radical (unpaired) electrons. The van der Waals surface area contributed by atoms with E-state index in [4.69, 9.17) is 4.74 Å². The molecule has 0 spiro atoms. The molecule has 1 heterocycles. The molecule has 0 saturated carbocycles. The standard InChI is InChI=1S/C25H21F2NO2/c1-16(29)13-25-23-15-20(27)6-3-18(23)14-24(17-4-11-22(30-2)12-5-17)28(25)21-9-7-19(26)8-10-21/h3-12,14-15,25H,13H2,1-2H3. The van der Waals surface area contributed by atoms with E-state index >= 15 is 0 Å². The number of nitrogens with zero attached hydrogens (tertiary/aromatic N) is 1. The summed E-state index contributed by atoms with van der Waals surface area (Å²) >= 11 is 0. The van der Waals surface area contributed by atoms with Crippen molar-refractivity contribution in [2.45, 2.75) is 19.4 Å². The van der Waals surface area contributed by atoms with Gasteiger partial charge in [-0.25, -0.2) is 8.78 Å². The van der Waals surface area contributed by atoms with Gasteiger partial charge in [0.25, 0.3) is 0 Å². The number of hydrogen-bond acceptors (Lipinski definition) is 3. The Morgan fingerprint density at radius 3 is 2.27 bits per heavy atom. The van der Waals surface area contributed by atoms with Gasteiger partial charge in [0, 0.05) is 17.8 Å². The first kappa shape index (κ1) is 19.8. The zero-order valence-corrected chi connectivity index (χ0v) is 16.7. The predicted octanol–water partition coefficient (Wildman–Crippen LogP) is 6.01. The molecule has 0 N–H and O–H groups in total. The van der Waals surface area contributed by atoms with E-state index in [0.29, 0.717) is 0 Å². The van der Waals surface area contributed by atoms with Crippen LogP contribution in [0.2, 0.25) is 0 Å². The zero-order chi connectivity index (χ0) is 21.3. The van der Waals surface area contributed by atoms with Crippen LogP contribution in [-0.2, 0) is 4.79 Å². The first-order valence-electron chi connectivity index (χ1n) is 9.66. The van der Waals surface area contributed by atoms with E-state index in [2.05, 4.69) is 0 Å². The van der Waals surface area contributed by atoms with Gasteiger partial charge in [-0.3, -0.25) is 4.79 Å². The van der Waals surface area contributed by atoms with E-state index in [1.807, 2.05) is 35.2 Å². The minimum atomic E-state index is -0.416. The smallest absolute Gasteiger partial charge is 0.132 e. The molecule has 1 unspecified atom stereocenters. The van der Waals surface area contributed by atoms with Crippen molar-refractivity contribution in [1.29, 1.82) is 0 Å². The van der Waals surface area contributed by atoms with Gasteiger partial charge in [0.2, 0.25) is 0 Å². The second-order valence-corrected chi connectivity index (χ2v) is 7.30. The maximum Gasteiger partial charge on any atom is 0.132 e. The number of ether oxygens (including phenoxy) is 1. The number of carbonyl (C=O) groups excluding carboxylic acids is 1. The van der Waals surface area contributed by atoms with E-state index in [-0.39, 0.29) is 23.8 Å². The molecule has 4 rings (SSSR count). The molecule has 5 heteroatoms. The number of Topliss-reactive ketones (excluding diaryl/α,β-unsaturated/α-hetero) is 1. The summed E-state index contributed by atoms with van der Waals surface area (Å²) in [6.07, 6.45) is 2.16. The van der Waals surface area contributed by atoms with Crippen molar-refractivity contribution in [1.82, 2.24) is 0 Å². The van der Waals surface area contributed by atoms with Gasteiger partial charge in [0.1, 0.15) is 23.2 Å². The van der Waals surface area contributed by atoms with Crippen LogP contribution < -0.4 is 9.64 Å². The molecule has 0 aliphatic carbocycles. The van der Waals surface area contributed by atoms with Gasteiger partial charge < -0.3 is 9.64 Å². The molecule has 0 saturated heterocycles. The van der Waals surface area contributed by atoms with E-state index in [0.717, 1.165) is 33.8 Å². The fraction of sp³-hybridized carbons (Fsp3) is 0.160. The summed E-state index contributed by atoms with van der Waals surface area (Å²) in [6, 6.07) is 17.9. The Balaban J connectivity index is 1.93. The Kier molecular flexibility index (Phi) is 5.36. The average molecular weight is 405 g/mol. The van der Waals surface area contributed by atoms with Gasteiger partial charge in [-0.15, -0.1) is 0 Å². The number of hydrogen-bond donors (Lipinski definition) is 0. The Hall–Kier alpha value is -3.47. The summed E-state index contributed by atoms with van der Waals surface area (Å²) in [7, 11) is 1.60. The normalized spacial score (nSPS) is 15.4. The molecule has 30 heavy (non-hydrogen) atoms.